The molecule has 0 bridgehead atoms. The zero-order valence-electron chi connectivity index (χ0n) is 17.3. The largest absolute Gasteiger partial charge is 0.350 e. The number of halogens is 1. The Bertz CT molecular complexity index is 1210. The van der Waals surface area contributed by atoms with E-state index >= 15 is 0 Å². The first-order chi connectivity index (χ1) is 14.5. The molecule has 1 N–H and O–H groups in total. The lowest BCUT2D eigenvalue weighted by molar-refractivity contribution is 0.0955. The molecule has 0 fully saturated rings. The third-order valence-corrected chi connectivity index (χ3v) is 6.66. The summed E-state index contributed by atoms with van der Waals surface area (Å²) in [4.78, 5) is 20.5. The first kappa shape index (κ1) is 20.8. The van der Waals surface area contributed by atoms with Gasteiger partial charge < -0.3 is 10.2 Å². The molecule has 154 valence electrons. The molecule has 1 amide bonds. The van der Waals surface area contributed by atoms with Gasteiger partial charge in [-0.1, -0.05) is 42.8 Å². The second-order valence-corrected chi connectivity index (χ2v) is 9.04. The van der Waals surface area contributed by atoms with E-state index in [-0.39, 0.29) is 5.91 Å². The van der Waals surface area contributed by atoms with E-state index in [2.05, 4.69) is 46.4 Å². The predicted molar refractivity (Wildman–Crippen MR) is 128 cm³/mol. The van der Waals surface area contributed by atoms with Crippen LogP contribution < -0.4 is 5.32 Å². The smallest absolute Gasteiger partial charge is 0.262 e. The molecule has 4 aromatic rings. The highest BCUT2D eigenvalue weighted by Crippen LogP contribution is 2.42. The van der Waals surface area contributed by atoms with E-state index < -0.39 is 0 Å². The third-order valence-electron chi connectivity index (χ3n) is 5.18. The number of pyridine rings is 1. The molecular weight excluding hydrogens is 414 g/mol. The van der Waals surface area contributed by atoms with Crippen LogP contribution in [0.5, 0.6) is 0 Å². The number of aryl methyl sites for hydroxylation is 1. The second kappa shape index (κ2) is 8.72. The van der Waals surface area contributed by atoms with Gasteiger partial charge >= 0.3 is 0 Å². The van der Waals surface area contributed by atoms with Gasteiger partial charge in [0.25, 0.3) is 5.91 Å². The number of carbonyl (C=O) groups excluding carboxylic acids is 1. The molecule has 0 atom stereocenters. The summed E-state index contributed by atoms with van der Waals surface area (Å²) in [6, 6.07) is 14.1. The molecule has 0 saturated carbocycles. The van der Waals surface area contributed by atoms with Crippen LogP contribution in [0.3, 0.4) is 0 Å². The van der Waals surface area contributed by atoms with E-state index in [4.69, 9.17) is 11.6 Å². The number of hydrogen-bond acceptors (Lipinski definition) is 4. The van der Waals surface area contributed by atoms with Crippen LogP contribution in [0.25, 0.3) is 32.1 Å². The number of fused-ring (bicyclic) bond motifs is 3. The van der Waals surface area contributed by atoms with Crippen LogP contribution >= 0.6 is 22.9 Å². The minimum absolute atomic E-state index is 0.0530. The number of rotatable bonds is 6. The summed E-state index contributed by atoms with van der Waals surface area (Å²) < 4.78 is 1.04. The van der Waals surface area contributed by atoms with E-state index in [0.29, 0.717) is 16.4 Å². The Kier molecular flexibility index (Phi) is 6.04. The summed E-state index contributed by atoms with van der Waals surface area (Å²) in [7, 11) is 3.99. The number of nitrogens with one attached hydrogen (secondary N) is 1. The molecule has 2 aromatic heterocycles. The quantitative estimate of drug-likeness (QED) is 0.425. The van der Waals surface area contributed by atoms with Crippen LogP contribution in [-0.2, 0) is 6.42 Å². The Hall–Kier alpha value is -2.47. The van der Waals surface area contributed by atoms with Crippen LogP contribution in [0, 0.1) is 0 Å². The first-order valence-electron chi connectivity index (χ1n) is 10.0. The Labute approximate surface area is 185 Å². The monoisotopic (exact) mass is 437 g/mol. The summed E-state index contributed by atoms with van der Waals surface area (Å²) in [5.74, 6) is -0.0530. The van der Waals surface area contributed by atoms with Crippen LogP contribution in [-0.4, -0.2) is 43.0 Å². The van der Waals surface area contributed by atoms with Gasteiger partial charge in [-0.2, -0.15) is 0 Å². The van der Waals surface area contributed by atoms with Gasteiger partial charge in [0.15, 0.2) is 0 Å². The van der Waals surface area contributed by atoms with E-state index in [9.17, 15) is 4.79 Å². The highest BCUT2D eigenvalue weighted by atomic mass is 35.5. The minimum Gasteiger partial charge on any atom is -0.350 e. The average Bonchev–Trinajstić information content (AvgIpc) is 3.13. The SMILES string of the molecule is CCc1ccc(-c2c(C(=O)NCCN(C)C)sc3c2cnc2ccc(Cl)cc23)cc1. The van der Waals surface area contributed by atoms with Crippen molar-refractivity contribution in [3.05, 3.63) is 64.1 Å². The standard InChI is InChI=1S/C24H24ClN3OS/c1-4-15-5-7-16(8-6-15)21-19-14-27-20-10-9-17(25)13-18(20)22(19)30-23(21)24(29)26-11-12-28(2)3/h5-10,13-14H,4,11-12H2,1-3H3,(H,26,29). The number of nitrogens with zero attached hydrogens (tertiary/aromatic N) is 2. The molecule has 0 radical (unpaired) electrons. The molecule has 2 heterocycles. The first-order valence-corrected chi connectivity index (χ1v) is 11.2. The maximum absolute atomic E-state index is 13.2. The molecule has 0 aliphatic heterocycles. The molecule has 0 aliphatic rings. The number of hydrogen-bond donors (Lipinski definition) is 1. The average molecular weight is 438 g/mol. The molecule has 0 spiro atoms. The summed E-state index contributed by atoms with van der Waals surface area (Å²) >= 11 is 7.78. The second-order valence-electron chi connectivity index (χ2n) is 7.58. The number of amides is 1. The third kappa shape index (κ3) is 4.06. The van der Waals surface area contributed by atoms with Crippen molar-refractivity contribution in [2.45, 2.75) is 13.3 Å². The van der Waals surface area contributed by atoms with Gasteiger partial charge in [-0.15, -0.1) is 11.3 Å². The Morgan fingerprint density at radius 1 is 1.13 bits per heavy atom. The van der Waals surface area contributed by atoms with Crippen molar-refractivity contribution < 1.29 is 4.79 Å². The van der Waals surface area contributed by atoms with Gasteiger partial charge in [-0.25, -0.2) is 0 Å². The normalized spacial score (nSPS) is 11.5. The van der Waals surface area contributed by atoms with Crippen molar-refractivity contribution >= 4 is 49.8 Å². The maximum atomic E-state index is 13.2. The van der Waals surface area contributed by atoms with Gasteiger partial charge in [-0.3, -0.25) is 9.78 Å². The fourth-order valence-corrected chi connectivity index (χ4v) is 4.94. The van der Waals surface area contributed by atoms with E-state index in [1.54, 1.807) is 0 Å². The van der Waals surface area contributed by atoms with Crippen molar-refractivity contribution in [2.24, 2.45) is 0 Å². The molecule has 0 unspecified atom stereocenters. The van der Waals surface area contributed by atoms with Crippen molar-refractivity contribution in [3.63, 3.8) is 0 Å². The molecule has 30 heavy (non-hydrogen) atoms. The number of thiophene rings is 1. The maximum Gasteiger partial charge on any atom is 0.262 e. The lowest BCUT2D eigenvalue weighted by Crippen LogP contribution is -2.31. The zero-order chi connectivity index (χ0) is 21.3. The van der Waals surface area contributed by atoms with Crippen LogP contribution in [0.2, 0.25) is 5.02 Å². The lowest BCUT2D eigenvalue weighted by Gasteiger charge is -2.11. The summed E-state index contributed by atoms with van der Waals surface area (Å²) in [5.41, 5.74) is 4.11. The topological polar surface area (TPSA) is 45.2 Å². The summed E-state index contributed by atoms with van der Waals surface area (Å²) in [5, 5.41) is 5.69. The number of carbonyl (C=O) groups is 1. The van der Waals surface area contributed by atoms with Gasteiger partial charge in [0.2, 0.25) is 0 Å². The van der Waals surface area contributed by atoms with Crippen LogP contribution in [0.4, 0.5) is 0 Å². The van der Waals surface area contributed by atoms with Gasteiger partial charge in [0.1, 0.15) is 4.88 Å². The van der Waals surface area contributed by atoms with Gasteiger partial charge in [-0.05, 0) is 49.8 Å². The van der Waals surface area contributed by atoms with Crippen molar-refractivity contribution in [1.82, 2.24) is 15.2 Å². The lowest BCUT2D eigenvalue weighted by atomic mass is 10.00. The van der Waals surface area contributed by atoms with Gasteiger partial charge in [0, 0.05) is 45.3 Å². The number of likely N-dealkylation sites (N-methyl/N-ethyl adjacent to an activating group) is 1. The van der Waals surface area contributed by atoms with E-state index in [1.165, 1.54) is 16.9 Å². The Balaban J connectivity index is 1.89. The molecule has 4 rings (SSSR count). The van der Waals surface area contributed by atoms with Crippen molar-refractivity contribution in [2.75, 3.05) is 27.2 Å². The Morgan fingerprint density at radius 3 is 2.60 bits per heavy atom. The van der Waals surface area contributed by atoms with E-state index in [1.807, 2.05) is 38.5 Å². The van der Waals surface area contributed by atoms with Crippen molar-refractivity contribution in [3.8, 4) is 11.1 Å². The number of benzene rings is 2. The molecule has 0 saturated heterocycles. The molecular formula is C24H24ClN3OS. The van der Waals surface area contributed by atoms with Gasteiger partial charge in [0.05, 0.1) is 5.52 Å². The predicted octanol–water partition coefficient (Wildman–Crippen LogP) is 5.62. The van der Waals surface area contributed by atoms with Crippen LogP contribution in [0.1, 0.15) is 22.2 Å². The van der Waals surface area contributed by atoms with E-state index in [0.717, 1.165) is 45.1 Å². The zero-order valence-corrected chi connectivity index (χ0v) is 18.9. The molecule has 4 nitrogen and oxygen atoms in total. The summed E-state index contributed by atoms with van der Waals surface area (Å²) in [6.07, 6.45) is 2.86. The highest BCUT2D eigenvalue weighted by Gasteiger charge is 2.21. The Morgan fingerprint density at radius 2 is 1.90 bits per heavy atom. The minimum atomic E-state index is -0.0530. The molecule has 2 aromatic carbocycles. The number of aromatic nitrogens is 1. The molecule has 6 heteroatoms. The summed E-state index contributed by atoms with van der Waals surface area (Å²) in [6.45, 7) is 3.52. The van der Waals surface area contributed by atoms with Crippen LogP contribution in [0.15, 0.2) is 48.7 Å². The molecule has 0 aliphatic carbocycles. The fourth-order valence-electron chi connectivity index (χ4n) is 3.53. The highest BCUT2D eigenvalue weighted by molar-refractivity contribution is 7.22. The fraction of sp³-hybridized carbons (Fsp3) is 0.250. The van der Waals surface area contributed by atoms with Crippen molar-refractivity contribution in [1.29, 1.82) is 0 Å².